The van der Waals surface area contributed by atoms with Gasteiger partial charge in [-0.15, -0.1) is 0 Å². The summed E-state index contributed by atoms with van der Waals surface area (Å²) in [5.41, 5.74) is 8.35. The molecule has 0 aliphatic rings. The average molecular weight is 229 g/mol. The fraction of sp³-hybridized carbons (Fsp3) is 0.214. The summed E-state index contributed by atoms with van der Waals surface area (Å²) in [7, 11) is 0. The maximum absolute atomic E-state index is 12.1. The van der Waals surface area contributed by atoms with Crippen LogP contribution >= 0.6 is 0 Å². The topological polar surface area (TPSA) is 56.2 Å². The first-order valence-electron chi connectivity index (χ1n) is 5.52. The van der Waals surface area contributed by atoms with Crippen molar-refractivity contribution < 1.29 is 9.21 Å². The van der Waals surface area contributed by atoms with E-state index in [0.717, 1.165) is 5.56 Å². The van der Waals surface area contributed by atoms with Gasteiger partial charge in [-0.05, 0) is 43.2 Å². The highest BCUT2D eigenvalue weighted by Crippen LogP contribution is 2.16. The predicted molar refractivity (Wildman–Crippen MR) is 65.9 cm³/mol. The van der Waals surface area contributed by atoms with Crippen LogP contribution < -0.4 is 5.73 Å². The van der Waals surface area contributed by atoms with Crippen molar-refractivity contribution in [3.63, 3.8) is 0 Å². The summed E-state index contributed by atoms with van der Waals surface area (Å²) < 4.78 is 5.34. The van der Waals surface area contributed by atoms with Crippen LogP contribution in [0.5, 0.6) is 0 Å². The monoisotopic (exact) mass is 229 g/mol. The lowest BCUT2D eigenvalue weighted by Crippen LogP contribution is -2.01. The van der Waals surface area contributed by atoms with Crippen LogP contribution in [-0.4, -0.2) is 5.78 Å². The van der Waals surface area contributed by atoms with Crippen LogP contribution in [0.1, 0.15) is 33.0 Å². The maximum Gasteiger partial charge on any atom is 0.228 e. The molecule has 2 N–H and O–H groups in total. The molecule has 1 aromatic heterocycles. The molecule has 0 saturated carbocycles. The zero-order valence-corrected chi connectivity index (χ0v) is 9.99. The molecule has 17 heavy (non-hydrogen) atoms. The second-order valence-corrected chi connectivity index (χ2v) is 4.10. The zero-order chi connectivity index (χ0) is 12.4. The molecule has 3 heteroatoms. The van der Waals surface area contributed by atoms with Crippen molar-refractivity contribution in [2.75, 3.05) is 0 Å². The molecule has 0 bridgehead atoms. The molecule has 2 aromatic rings. The van der Waals surface area contributed by atoms with E-state index in [1.54, 1.807) is 12.1 Å². The van der Waals surface area contributed by atoms with Gasteiger partial charge in [-0.1, -0.05) is 12.1 Å². The van der Waals surface area contributed by atoms with Crippen LogP contribution in [0.3, 0.4) is 0 Å². The number of benzene rings is 1. The second-order valence-electron chi connectivity index (χ2n) is 4.10. The van der Waals surface area contributed by atoms with Crippen molar-refractivity contribution in [1.82, 2.24) is 0 Å². The summed E-state index contributed by atoms with van der Waals surface area (Å²) in [4.78, 5) is 12.1. The Morgan fingerprint density at radius 2 is 1.94 bits per heavy atom. The van der Waals surface area contributed by atoms with Gasteiger partial charge in [0, 0.05) is 5.56 Å². The van der Waals surface area contributed by atoms with Crippen molar-refractivity contribution in [2.24, 2.45) is 5.73 Å². The van der Waals surface area contributed by atoms with Crippen LogP contribution in [0.15, 0.2) is 34.7 Å². The van der Waals surface area contributed by atoms with Gasteiger partial charge in [-0.2, -0.15) is 0 Å². The van der Waals surface area contributed by atoms with E-state index in [1.165, 1.54) is 5.56 Å². The molecule has 0 saturated heterocycles. The average Bonchev–Trinajstić information content (AvgIpc) is 2.80. The number of hydrogen-bond acceptors (Lipinski definition) is 3. The Hall–Kier alpha value is -1.87. The van der Waals surface area contributed by atoms with E-state index in [-0.39, 0.29) is 5.78 Å². The minimum atomic E-state index is -0.104. The highest BCUT2D eigenvalue weighted by molar-refractivity contribution is 6.07. The molecule has 0 unspecified atom stereocenters. The molecule has 0 radical (unpaired) electrons. The Kier molecular flexibility index (Phi) is 3.11. The third-order valence-electron chi connectivity index (χ3n) is 2.86. The standard InChI is InChI=1S/C14H15NO2/c1-9-3-4-11(7-10(9)2)14(16)13-6-5-12(8-15)17-13/h3-7H,8,15H2,1-2H3. The van der Waals surface area contributed by atoms with Gasteiger partial charge in [0.25, 0.3) is 0 Å². The van der Waals surface area contributed by atoms with Gasteiger partial charge in [0.05, 0.1) is 6.54 Å². The summed E-state index contributed by atoms with van der Waals surface area (Å²) >= 11 is 0. The first-order chi connectivity index (χ1) is 8.11. The predicted octanol–water partition coefficient (Wildman–Crippen LogP) is 2.59. The highest BCUT2D eigenvalue weighted by Gasteiger charge is 2.13. The third-order valence-corrected chi connectivity index (χ3v) is 2.86. The van der Waals surface area contributed by atoms with Crippen LogP contribution in [0, 0.1) is 13.8 Å². The molecule has 1 aromatic carbocycles. The van der Waals surface area contributed by atoms with Crippen molar-refractivity contribution >= 4 is 5.78 Å². The van der Waals surface area contributed by atoms with Gasteiger partial charge >= 0.3 is 0 Å². The molecule has 3 nitrogen and oxygen atoms in total. The van der Waals surface area contributed by atoms with E-state index in [0.29, 0.717) is 23.6 Å². The number of ketones is 1. The van der Waals surface area contributed by atoms with E-state index in [2.05, 4.69) is 0 Å². The lowest BCUT2D eigenvalue weighted by atomic mass is 10.0. The second kappa shape index (κ2) is 4.55. The van der Waals surface area contributed by atoms with Crippen molar-refractivity contribution in [2.45, 2.75) is 20.4 Å². The number of aryl methyl sites for hydroxylation is 2. The van der Waals surface area contributed by atoms with Crippen LogP contribution in [0.25, 0.3) is 0 Å². The Morgan fingerprint density at radius 3 is 2.53 bits per heavy atom. The molecule has 0 amide bonds. The quantitative estimate of drug-likeness (QED) is 0.823. The molecule has 2 rings (SSSR count). The Balaban J connectivity index is 2.33. The number of nitrogens with two attached hydrogens (primary N) is 1. The molecule has 0 fully saturated rings. The van der Waals surface area contributed by atoms with E-state index in [1.807, 2.05) is 32.0 Å². The first-order valence-corrected chi connectivity index (χ1v) is 5.52. The normalized spacial score (nSPS) is 10.5. The lowest BCUT2D eigenvalue weighted by molar-refractivity contribution is 0.101. The summed E-state index contributed by atoms with van der Waals surface area (Å²) in [5.74, 6) is 0.860. The van der Waals surface area contributed by atoms with Crippen molar-refractivity contribution in [1.29, 1.82) is 0 Å². The number of rotatable bonds is 3. The van der Waals surface area contributed by atoms with Crippen LogP contribution in [0.2, 0.25) is 0 Å². The summed E-state index contributed by atoms with van der Waals surface area (Å²) in [5, 5.41) is 0. The van der Waals surface area contributed by atoms with Gasteiger partial charge in [0.2, 0.25) is 5.78 Å². The van der Waals surface area contributed by atoms with E-state index in [9.17, 15) is 4.79 Å². The van der Waals surface area contributed by atoms with Gasteiger partial charge in [0.1, 0.15) is 5.76 Å². The van der Waals surface area contributed by atoms with Gasteiger partial charge < -0.3 is 10.2 Å². The minimum absolute atomic E-state index is 0.104. The summed E-state index contributed by atoms with van der Waals surface area (Å²) in [6.07, 6.45) is 0. The minimum Gasteiger partial charge on any atom is -0.456 e. The Morgan fingerprint density at radius 1 is 1.18 bits per heavy atom. The van der Waals surface area contributed by atoms with E-state index in [4.69, 9.17) is 10.2 Å². The van der Waals surface area contributed by atoms with Gasteiger partial charge in [0.15, 0.2) is 5.76 Å². The highest BCUT2D eigenvalue weighted by atomic mass is 16.3. The SMILES string of the molecule is Cc1ccc(C(=O)c2ccc(CN)o2)cc1C. The van der Waals surface area contributed by atoms with E-state index < -0.39 is 0 Å². The van der Waals surface area contributed by atoms with Crippen LogP contribution in [-0.2, 0) is 6.54 Å². The molecular weight excluding hydrogens is 214 g/mol. The summed E-state index contributed by atoms with van der Waals surface area (Å²) in [6.45, 7) is 4.31. The maximum atomic E-state index is 12.1. The zero-order valence-electron chi connectivity index (χ0n) is 9.99. The third kappa shape index (κ3) is 2.29. The van der Waals surface area contributed by atoms with Crippen molar-refractivity contribution in [3.05, 3.63) is 58.5 Å². The number of carbonyl (C=O) groups excluding carboxylic acids is 1. The molecule has 1 heterocycles. The largest absolute Gasteiger partial charge is 0.456 e. The van der Waals surface area contributed by atoms with Gasteiger partial charge in [-0.25, -0.2) is 0 Å². The fourth-order valence-electron chi connectivity index (χ4n) is 1.63. The first kappa shape index (κ1) is 11.6. The molecule has 0 aliphatic heterocycles. The fourth-order valence-corrected chi connectivity index (χ4v) is 1.63. The Bertz CT molecular complexity index is 555. The number of carbonyl (C=O) groups is 1. The van der Waals surface area contributed by atoms with Crippen molar-refractivity contribution in [3.8, 4) is 0 Å². The molecule has 0 spiro atoms. The lowest BCUT2D eigenvalue weighted by Gasteiger charge is -2.02. The summed E-state index contributed by atoms with van der Waals surface area (Å²) in [6, 6.07) is 9.03. The van der Waals surface area contributed by atoms with Crippen LogP contribution in [0.4, 0.5) is 0 Å². The Labute approximate surface area is 100 Å². The van der Waals surface area contributed by atoms with E-state index >= 15 is 0 Å². The smallest absolute Gasteiger partial charge is 0.228 e. The number of furan rings is 1. The van der Waals surface area contributed by atoms with Gasteiger partial charge in [-0.3, -0.25) is 4.79 Å². The molecule has 88 valence electrons. The molecule has 0 atom stereocenters. The molecular formula is C14H15NO2. The molecule has 0 aliphatic carbocycles. The number of hydrogen-bond donors (Lipinski definition) is 1.